The molecule has 6 bridgehead atoms. The zero-order chi connectivity index (χ0) is 29.5. The van der Waals surface area contributed by atoms with Gasteiger partial charge < -0.3 is 48.8 Å². The Morgan fingerprint density at radius 1 is 0.881 bits per heavy atom. The molecule has 0 radical (unpaired) electrons. The highest BCUT2D eigenvalue weighted by Gasteiger charge is 2.94. The maximum Gasteiger partial charge on any atom is 0.338 e. The van der Waals surface area contributed by atoms with Crippen LogP contribution < -0.4 is 0 Å². The SMILES string of the molecule is C[C@@]12C[C@@]3(O)O[C@H](O1)[C@]1(COC(=O)c4ccccc4)[C@H]3C[C@@]12O[C@@H]1O[C@H](COC(=O)c2ccccc2)[C@H](O)[C@H](O)[C@H]1O. The number of hydrogen-bond donors (Lipinski definition) is 4. The van der Waals surface area contributed by atoms with Gasteiger partial charge in [-0.1, -0.05) is 36.4 Å². The predicted octanol–water partition coefficient (Wildman–Crippen LogP) is 0.507. The smallest absolute Gasteiger partial charge is 0.338 e. The van der Waals surface area contributed by atoms with Crippen molar-refractivity contribution in [3.05, 3.63) is 71.8 Å². The van der Waals surface area contributed by atoms with Crippen LogP contribution in [0.1, 0.15) is 40.5 Å². The minimum absolute atomic E-state index is 0.0572. The number of ether oxygens (including phenoxy) is 6. The van der Waals surface area contributed by atoms with E-state index in [9.17, 15) is 30.0 Å². The van der Waals surface area contributed by atoms with Gasteiger partial charge in [-0.25, -0.2) is 9.59 Å². The van der Waals surface area contributed by atoms with Crippen LogP contribution in [-0.2, 0) is 28.4 Å². The first-order chi connectivity index (χ1) is 20.0. The minimum atomic E-state index is -1.69. The lowest BCUT2D eigenvalue weighted by Gasteiger charge is -2.67. The molecule has 224 valence electrons. The largest absolute Gasteiger partial charge is 0.461 e. The standard InChI is InChI=1S/C30H32O12/c1-27-14-29(36)19-12-30(27,28(19,26(41-27)42-29)15-38-24(35)17-10-6-3-7-11-17)40-25-22(33)21(32)20(31)18(39-25)13-37-23(34)16-8-4-2-5-9-16/h2-11,18-22,25-26,31-33,36H,12-15H2,1H3/t18-,19-,20+,21+,22-,25+,26+,27+,28+,29-,30+/m1/s1. The van der Waals surface area contributed by atoms with Crippen LogP contribution in [0.3, 0.4) is 0 Å². The van der Waals surface area contributed by atoms with Gasteiger partial charge in [0.15, 0.2) is 18.4 Å². The third-order valence-corrected chi connectivity index (χ3v) is 9.78. The maximum atomic E-state index is 12.9. The van der Waals surface area contributed by atoms with Crippen molar-refractivity contribution in [2.45, 2.75) is 73.8 Å². The Balaban J connectivity index is 1.13. The van der Waals surface area contributed by atoms with Gasteiger partial charge in [0.25, 0.3) is 0 Å². The molecule has 12 nitrogen and oxygen atoms in total. The lowest BCUT2D eigenvalue weighted by atomic mass is 9.41. The topological polar surface area (TPSA) is 170 Å². The summed E-state index contributed by atoms with van der Waals surface area (Å²) < 4.78 is 35.7. The van der Waals surface area contributed by atoms with Crippen molar-refractivity contribution < 1.29 is 58.4 Å². The molecule has 11 atom stereocenters. The van der Waals surface area contributed by atoms with E-state index in [4.69, 9.17) is 28.4 Å². The number of aliphatic hydroxyl groups excluding tert-OH is 3. The maximum absolute atomic E-state index is 12.9. The molecular formula is C30H32O12. The lowest BCUT2D eigenvalue weighted by Crippen LogP contribution is -2.80. The number of rotatable bonds is 8. The molecule has 3 saturated carbocycles. The molecule has 4 N–H and O–H groups in total. The Morgan fingerprint density at radius 3 is 2.14 bits per heavy atom. The molecule has 0 unspecified atom stereocenters. The molecule has 0 amide bonds. The molecule has 9 rings (SSSR count). The van der Waals surface area contributed by atoms with Gasteiger partial charge in [-0.05, 0) is 37.6 Å². The van der Waals surface area contributed by atoms with Gasteiger partial charge in [-0.3, -0.25) is 0 Å². The molecule has 4 saturated heterocycles. The number of hydrogen-bond acceptors (Lipinski definition) is 12. The first-order valence-electron chi connectivity index (χ1n) is 13.9. The van der Waals surface area contributed by atoms with Gasteiger partial charge in [-0.2, -0.15) is 0 Å². The molecule has 3 aliphatic carbocycles. The number of aliphatic hydroxyl groups is 4. The number of carbonyl (C=O) groups is 2. The van der Waals surface area contributed by atoms with E-state index in [-0.39, 0.29) is 19.4 Å². The van der Waals surface area contributed by atoms with E-state index < -0.39 is 83.9 Å². The first-order valence-corrected chi connectivity index (χ1v) is 13.9. The molecular weight excluding hydrogens is 552 g/mol. The van der Waals surface area contributed by atoms with E-state index in [0.717, 1.165) is 0 Å². The quantitative estimate of drug-likeness (QED) is 0.318. The Morgan fingerprint density at radius 2 is 1.50 bits per heavy atom. The molecule has 0 spiro atoms. The fourth-order valence-corrected chi connectivity index (χ4v) is 7.68. The second kappa shape index (κ2) is 9.53. The van der Waals surface area contributed by atoms with Crippen molar-refractivity contribution >= 4 is 11.9 Å². The highest BCUT2D eigenvalue weighted by atomic mass is 16.8. The second-order valence-corrected chi connectivity index (χ2v) is 12.0. The normalized spacial score (nSPS) is 44.5. The van der Waals surface area contributed by atoms with E-state index >= 15 is 0 Å². The molecule has 2 aromatic rings. The van der Waals surface area contributed by atoms with E-state index in [1.54, 1.807) is 67.6 Å². The van der Waals surface area contributed by atoms with E-state index in [1.165, 1.54) is 0 Å². The van der Waals surface area contributed by atoms with Crippen LogP contribution in [0, 0.1) is 11.3 Å². The van der Waals surface area contributed by atoms with Crippen LogP contribution in [0.15, 0.2) is 60.7 Å². The third kappa shape index (κ3) is 3.70. The highest BCUT2D eigenvalue weighted by Crippen LogP contribution is 2.81. The van der Waals surface area contributed by atoms with Crippen molar-refractivity contribution in [1.82, 2.24) is 0 Å². The molecule has 7 fully saturated rings. The second-order valence-electron chi connectivity index (χ2n) is 12.0. The summed E-state index contributed by atoms with van der Waals surface area (Å²) in [6.45, 7) is 1.12. The number of benzene rings is 2. The summed E-state index contributed by atoms with van der Waals surface area (Å²) in [4.78, 5) is 25.4. The van der Waals surface area contributed by atoms with Crippen LogP contribution in [0.5, 0.6) is 0 Å². The summed E-state index contributed by atoms with van der Waals surface area (Å²) in [6, 6.07) is 16.7. The molecule has 0 aromatic heterocycles. The minimum Gasteiger partial charge on any atom is -0.461 e. The van der Waals surface area contributed by atoms with Crippen molar-refractivity contribution in [1.29, 1.82) is 0 Å². The van der Waals surface area contributed by atoms with Crippen LogP contribution in [0.4, 0.5) is 0 Å². The fourth-order valence-electron chi connectivity index (χ4n) is 7.68. The monoisotopic (exact) mass is 584 g/mol. The number of carbonyl (C=O) groups excluding carboxylic acids is 2. The van der Waals surface area contributed by atoms with Crippen molar-refractivity contribution in [2.24, 2.45) is 11.3 Å². The lowest BCUT2D eigenvalue weighted by molar-refractivity contribution is -0.424. The predicted molar refractivity (Wildman–Crippen MR) is 138 cm³/mol. The van der Waals surface area contributed by atoms with Gasteiger partial charge >= 0.3 is 11.9 Å². The average molecular weight is 585 g/mol. The van der Waals surface area contributed by atoms with Crippen LogP contribution in [0.2, 0.25) is 0 Å². The van der Waals surface area contributed by atoms with E-state index in [0.29, 0.717) is 11.1 Å². The molecule has 2 aromatic carbocycles. The van der Waals surface area contributed by atoms with E-state index in [1.807, 2.05) is 0 Å². The van der Waals surface area contributed by atoms with Gasteiger partial charge in [0.1, 0.15) is 48.8 Å². The summed E-state index contributed by atoms with van der Waals surface area (Å²) in [7, 11) is 0. The Bertz CT molecular complexity index is 1370. The van der Waals surface area contributed by atoms with Crippen LogP contribution in [0.25, 0.3) is 0 Å². The van der Waals surface area contributed by atoms with Crippen LogP contribution >= 0.6 is 0 Å². The molecule has 7 aliphatic rings. The molecule has 12 heteroatoms. The Kier molecular flexibility index (Phi) is 6.32. The Hall–Kier alpha value is -2.94. The summed E-state index contributed by atoms with van der Waals surface area (Å²) in [6.07, 6.45) is -8.34. The summed E-state index contributed by atoms with van der Waals surface area (Å²) in [5, 5.41) is 43.6. The fraction of sp³-hybridized carbons (Fsp3) is 0.533. The van der Waals surface area contributed by atoms with Gasteiger partial charge in [-0.15, -0.1) is 0 Å². The molecule has 4 heterocycles. The zero-order valence-electron chi connectivity index (χ0n) is 22.7. The zero-order valence-corrected chi connectivity index (χ0v) is 22.7. The first kappa shape index (κ1) is 27.9. The van der Waals surface area contributed by atoms with Gasteiger partial charge in [0.2, 0.25) is 0 Å². The number of esters is 2. The third-order valence-electron chi connectivity index (χ3n) is 9.78. The van der Waals surface area contributed by atoms with Crippen LogP contribution in [-0.4, -0.2) is 99.6 Å². The van der Waals surface area contributed by atoms with Gasteiger partial charge in [0, 0.05) is 12.3 Å². The highest BCUT2D eigenvalue weighted by molar-refractivity contribution is 5.89. The van der Waals surface area contributed by atoms with Crippen molar-refractivity contribution in [3.63, 3.8) is 0 Å². The Labute approximate surface area is 240 Å². The molecule has 4 aliphatic heterocycles. The van der Waals surface area contributed by atoms with E-state index in [2.05, 4.69) is 0 Å². The van der Waals surface area contributed by atoms with Crippen molar-refractivity contribution in [2.75, 3.05) is 13.2 Å². The van der Waals surface area contributed by atoms with Gasteiger partial charge in [0.05, 0.1) is 16.5 Å². The molecule has 42 heavy (non-hydrogen) atoms. The van der Waals surface area contributed by atoms with Crippen molar-refractivity contribution in [3.8, 4) is 0 Å². The average Bonchev–Trinajstić information content (AvgIpc) is 3.18. The summed E-state index contributed by atoms with van der Waals surface area (Å²) >= 11 is 0. The summed E-state index contributed by atoms with van der Waals surface area (Å²) in [5.74, 6) is -3.25. The summed E-state index contributed by atoms with van der Waals surface area (Å²) in [5.41, 5.74) is -2.88.